The highest BCUT2D eigenvalue weighted by Crippen LogP contribution is 2.01. The predicted molar refractivity (Wildman–Crippen MR) is 29.7 cm³/mol. The molecule has 0 amide bonds. The summed E-state index contributed by atoms with van der Waals surface area (Å²) in [7, 11) is 0. The summed E-state index contributed by atoms with van der Waals surface area (Å²) < 4.78 is 0. The Morgan fingerprint density at radius 1 is 1.86 bits per heavy atom. The number of nitrogens with one attached hydrogen (secondary N) is 1. The fraction of sp³-hybridized carbons (Fsp3) is 0.800. The van der Waals surface area contributed by atoms with Crippen LogP contribution in [-0.4, -0.2) is 16.9 Å². The van der Waals surface area contributed by atoms with E-state index in [1.54, 1.807) is 6.92 Å². The molecule has 0 saturated carbocycles. The van der Waals surface area contributed by atoms with Crippen molar-refractivity contribution in [2.45, 2.75) is 25.9 Å². The van der Waals surface area contributed by atoms with Gasteiger partial charge in [0.2, 0.25) is 0 Å². The second-order valence-electron chi connectivity index (χ2n) is 1.86. The van der Waals surface area contributed by atoms with Crippen LogP contribution in [0.4, 0.5) is 0 Å². The van der Waals surface area contributed by atoms with Crippen LogP contribution in [0.1, 0.15) is 20.3 Å². The van der Waals surface area contributed by atoms with Gasteiger partial charge in [-0.15, -0.1) is 0 Å². The van der Waals surface area contributed by atoms with Gasteiger partial charge in [0.15, 0.2) is 0 Å². The summed E-state index contributed by atoms with van der Waals surface area (Å²) in [5.41, 5.74) is -0.875. The molecule has 2 heteroatoms. The lowest BCUT2D eigenvalue weighted by Crippen LogP contribution is -2.23. The topological polar surface area (TPSA) is 44.1 Å². The largest absolute Gasteiger partial charge is 0.385 e. The zero-order chi connectivity index (χ0) is 5.91. The van der Waals surface area contributed by atoms with Crippen LogP contribution in [0.3, 0.4) is 0 Å². The molecule has 0 aliphatic heterocycles. The SMILES string of the molecule is CCC(C)(O)C=N. The number of hydrogen-bond donors (Lipinski definition) is 2. The van der Waals surface area contributed by atoms with E-state index in [0.29, 0.717) is 6.42 Å². The zero-order valence-electron chi connectivity index (χ0n) is 4.73. The summed E-state index contributed by atoms with van der Waals surface area (Å²) in [5, 5.41) is 15.5. The molecule has 0 aliphatic rings. The van der Waals surface area contributed by atoms with E-state index < -0.39 is 5.60 Å². The van der Waals surface area contributed by atoms with E-state index in [0.717, 1.165) is 6.21 Å². The Balaban J connectivity index is 3.58. The van der Waals surface area contributed by atoms with Crippen molar-refractivity contribution in [1.82, 2.24) is 0 Å². The highest BCUT2D eigenvalue weighted by Gasteiger charge is 2.11. The summed E-state index contributed by atoms with van der Waals surface area (Å²) in [4.78, 5) is 0. The fourth-order valence-electron chi connectivity index (χ4n) is 0.102. The molecular formula is C5H11NO. The van der Waals surface area contributed by atoms with E-state index >= 15 is 0 Å². The van der Waals surface area contributed by atoms with Gasteiger partial charge >= 0.3 is 0 Å². The molecule has 0 radical (unpaired) electrons. The molecule has 0 aromatic heterocycles. The minimum absolute atomic E-state index is 0.608. The quantitative estimate of drug-likeness (QED) is 0.496. The summed E-state index contributed by atoms with van der Waals surface area (Å²) in [6.45, 7) is 3.45. The maximum Gasteiger partial charge on any atom is 0.0959 e. The molecule has 0 fully saturated rings. The summed E-state index contributed by atoms with van der Waals surface area (Å²) in [5.74, 6) is 0. The monoisotopic (exact) mass is 101 g/mol. The molecule has 1 unspecified atom stereocenters. The van der Waals surface area contributed by atoms with E-state index in [-0.39, 0.29) is 0 Å². The van der Waals surface area contributed by atoms with Gasteiger partial charge in [-0.1, -0.05) is 6.92 Å². The standard InChI is InChI=1S/C5H11NO/c1-3-5(2,7)4-6/h4,6-7H,3H2,1-2H3. The molecule has 0 aliphatic carbocycles. The Kier molecular flexibility index (Phi) is 1.96. The van der Waals surface area contributed by atoms with Crippen LogP contribution in [-0.2, 0) is 0 Å². The Hall–Kier alpha value is -0.370. The van der Waals surface area contributed by atoms with Gasteiger partial charge in [-0.25, -0.2) is 0 Å². The molecule has 0 heterocycles. The molecule has 7 heavy (non-hydrogen) atoms. The zero-order valence-corrected chi connectivity index (χ0v) is 4.73. The third-order valence-corrected chi connectivity index (χ3v) is 1.03. The molecule has 1 atom stereocenters. The lowest BCUT2D eigenvalue weighted by molar-refractivity contribution is 0.133. The summed E-state index contributed by atoms with van der Waals surface area (Å²) in [6.07, 6.45) is 1.66. The number of hydrogen-bond acceptors (Lipinski definition) is 2. The van der Waals surface area contributed by atoms with Gasteiger partial charge in [0, 0.05) is 6.21 Å². The minimum atomic E-state index is -0.875. The lowest BCUT2D eigenvalue weighted by Gasteiger charge is -2.12. The van der Waals surface area contributed by atoms with Crippen molar-refractivity contribution in [3.63, 3.8) is 0 Å². The van der Waals surface area contributed by atoms with Crippen LogP contribution in [0.5, 0.6) is 0 Å². The Morgan fingerprint density at radius 3 is 2.29 bits per heavy atom. The first-order valence-electron chi connectivity index (χ1n) is 2.36. The van der Waals surface area contributed by atoms with Crippen molar-refractivity contribution in [3.05, 3.63) is 0 Å². The Morgan fingerprint density at radius 2 is 2.29 bits per heavy atom. The third-order valence-electron chi connectivity index (χ3n) is 1.03. The predicted octanol–water partition coefficient (Wildman–Crippen LogP) is 0.797. The molecule has 2 N–H and O–H groups in total. The van der Waals surface area contributed by atoms with Crippen LogP contribution in [0, 0.1) is 5.41 Å². The Labute approximate surface area is 43.7 Å². The van der Waals surface area contributed by atoms with Gasteiger partial charge in [-0.05, 0) is 13.3 Å². The highest BCUT2D eigenvalue weighted by atomic mass is 16.3. The van der Waals surface area contributed by atoms with Crippen molar-refractivity contribution in [1.29, 1.82) is 5.41 Å². The highest BCUT2D eigenvalue weighted by molar-refractivity contribution is 5.63. The molecule has 0 aromatic rings. The van der Waals surface area contributed by atoms with Gasteiger partial charge < -0.3 is 10.5 Å². The maximum atomic E-state index is 8.89. The van der Waals surface area contributed by atoms with Crippen molar-refractivity contribution < 1.29 is 5.11 Å². The van der Waals surface area contributed by atoms with Crippen LogP contribution in [0.25, 0.3) is 0 Å². The van der Waals surface area contributed by atoms with Crippen molar-refractivity contribution in [2.24, 2.45) is 0 Å². The second-order valence-corrected chi connectivity index (χ2v) is 1.86. The minimum Gasteiger partial charge on any atom is -0.385 e. The van der Waals surface area contributed by atoms with E-state index in [9.17, 15) is 0 Å². The smallest absolute Gasteiger partial charge is 0.0959 e. The van der Waals surface area contributed by atoms with Crippen LogP contribution in [0.2, 0.25) is 0 Å². The van der Waals surface area contributed by atoms with Crippen molar-refractivity contribution in [2.75, 3.05) is 0 Å². The normalized spacial score (nSPS) is 18.1. The van der Waals surface area contributed by atoms with Gasteiger partial charge in [0.1, 0.15) is 0 Å². The van der Waals surface area contributed by atoms with E-state index in [1.165, 1.54) is 0 Å². The maximum absolute atomic E-state index is 8.89. The molecule has 0 spiro atoms. The molecule has 0 aromatic carbocycles. The van der Waals surface area contributed by atoms with E-state index in [1.807, 2.05) is 6.92 Å². The number of aliphatic hydroxyl groups is 1. The Bertz CT molecular complexity index is 68.5. The molecule has 0 rings (SSSR count). The van der Waals surface area contributed by atoms with Crippen molar-refractivity contribution in [3.8, 4) is 0 Å². The van der Waals surface area contributed by atoms with E-state index in [4.69, 9.17) is 10.5 Å². The van der Waals surface area contributed by atoms with Crippen molar-refractivity contribution >= 4 is 6.21 Å². The first kappa shape index (κ1) is 6.63. The van der Waals surface area contributed by atoms with Crippen LogP contribution in [0.15, 0.2) is 0 Å². The lowest BCUT2D eigenvalue weighted by atomic mass is 10.1. The first-order valence-corrected chi connectivity index (χ1v) is 2.36. The van der Waals surface area contributed by atoms with Gasteiger partial charge in [-0.3, -0.25) is 0 Å². The first-order chi connectivity index (χ1) is 3.12. The average molecular weight is 101 g/mol. The van der Waals surface area contributed by atoms with Gasteiger partial charge in [0.05, 0.1) is 5.60 Å². The molecule has 42 valence electrons. The van der Waals surface area contributed by atoms with Crippen LogP contribution >= 0.6 is 0 Å². The van der Waals surface area contributed by atoms with E-state index in [2.05, 4.69) is 0 Å². The second kappa shape index (κ2) is 2.07. The molecule has 0 saturated heterocycles. The molecule has 0 bridgehead atoms. The molecule has 2 nitrogen and oxygen atoms in total. The fourth-order valence-corrected chi connectivity index (χ4v) is 0.102. The van der Waals surface area contributed by atoms with Crippen LogP contribution < -0.4 is 0 Å². The average Bonchev–Trinajstić information content (AvgIpc) is 1.68. The number of rotatable bonds is 2. The molecular weight excluding hydrogens is 90.1 g/mol. The van der Waals surface area contributed by atoms with Gasteiger partial charge in [-0.2, -0.15) is 0 Å². The summed E-state index contributed by atoms with van der Waals surface area (Å²) >= 11 is 0. The van der Waals surface area contributed by atoms with Gasteiger partial charge in [0.25, 0.3) is 0 Å². The summed E-state index contributed by atoms with van der Waals surface area (Å²) in [6, 6.07) is 0. The third kappa shape index (κ3) is 2.34.